The molecule has 1 aromatic heterocycles. The van der Waals surface area contributed by atoms with Gasteiger partial charge in [0, 0.05) is 19.9 Å². The van der Waals surface area contributed by atoms with E-state index in [2.05, 4.69) is 47.1 Å². The Kier molecular flexibility index (Phi) is 4.27. The van der Waals surface area contributed by atoms with Gasteiger partial charge in [-0.2, -0.15) is 0 Å². The summed E-state index contributed by atoms with van der Waals surface area (Å²) in [6, 6.07) is 8.52. The molecule has 0 aliphatic rings. The minimum Gasteiger partial charge on any atom is -0.493 e. The third-order valence-electron chi connectivity index (χ3n) is 3.11. The van der Waals surface area contributed by atoms with Gasteiger partial charge in [0.25, 0.3) is 5.91 Å². The molecular formula is C15H8Br2FN3O2. The van der Waals surface area contributed by atoms with Crippen LogP contribution in [0.2, 0.25) is 0 Å². The van der Waals surface area contributed by atoms with Gasteiger partial charge in [-0.15, -0.1) is 10.2 Å². The molecule has 23 heavy (non-hydrogen) atoms. The molecule has 0 radical (unpaired) electrons. The first kappa shape index (κ1) is 15.8. The molecule has 0 saturated carbocycles. The molecule has 2 N–H and O–H groups in total. The predicted molar refractivity (Wildman–Crippen MR) is 90.6 cm³/mol. The van der Waals surface area contributed by atoms with Crippen molar-refractivity contribution in [3.63, 3.8) is 0 Å². The number of H-pyrrole nitrogens is 1. The molecular weight excluding hydrogens is 433 g/mol. The molecule has 0 fully saturated rings. The van der Waals surface area contributed by atoms with E-state index in [1.807, 2.05) is 6.07 Å². The number of nitrogens with zero attached hydrogens (tertiary/aromatic N) is 2. The molecule has 0 atom stereocenters. The molecule has 1 amide bonds. The Bertz CT molecular complexity index is 936. The summed E-state index contributed by atoms with van der Waals surface area (Å²) in [4.78, 5) is 14.7. The Morgan fingerprint density at radius 3 is 2.57 bits per heavy atom. The van der Waals surface area contributed by atoms with Crippen LogP contribution in [0.15, 0.2) is 55.6 Å². The maximum Gasteiger partial charge on any atom is 0.295 e. The fourth-order valence-corrected chi connectivity index (χ4v) is 3.36. The first-order chi connectivity index (χ1) is 11.0. The smallest absolute Gasteiger partial charge is 0.295 e. The number of benzene rings is 2. The first-order valence-corrected chi connectivity index (χ1v) is 7.95. The molecule has 8 heteroatoms. The highest BCUT2D eigenvalue weighted by Gasteiger charge is 2.14. The van der Waals surface area contributed by atoms with E-state index in [1.165, 1.54) is 24.3 Å². The molecule has 116 valence electrons. The van der Waals surface area contributed by atoms with Crippen LogP contribution in [0.1, 0.15) is 10.4 Å². The van der Waals surface area contributed by atoms with Gasteiger partial charge in [-0.1, -0.05) is 15.9 Å². The molecule has 3 aromatic rings. The largest absolute Gasteiger partial charge is 0.493 e. The molecule has 0 saturated heterocycles. The number of halogens is 3. The maximum atomic E-state index is 12.9. The van der Waals surface area contributed by atoms with Crippen LogP contribution < -0.4 is 0 Å². The van der Waals surface area contributed by atoms with Crippen molar-refractivity contribution in [1.82, 2.24) is 4.98 Å². The third kappa shape index (κ3) is 3.18. The normalized spacial score (nSPS) is 11.4. The van der Waals surface area contributed by atoms with Gasteiger partial charge in [0.15, 0.2) is 5.69 Å². The van der Waals surface area contributed by atoms with Crippen LogP contribution in [0.5, 0.6) is 5.88 Å². The number of nitrogens with one attached hydrogen (secondary N) is 1. The number of fused-ring (bicyclic) bond motifs is 1. The summed E-state index contributed by atoms with van der Waals surface area (Å²) in [6.45, 7) is 0. The topological polar surface area (TPSA) is 77.8 Å². The highest BCUT2D eigenvalue weighted by molar-refractivity contribution is 9.11. The summed E-state index contributed by atoms with van der Waals surface area (Å²) in [5, 5.41) is 18.0. The molecule has 0 aliphatic carbocycles. The van der Waals surface area contributed by atoms with E-state index in [0.717, 1.165) is 8.95 Å². The number of carbonyl (C=O) groups is 1. The summed E-state index contributed by atoms with van der Waals surface area (Å²) in [5.74, 6) is -1.27. The standard InChI is InChI=1S/C15H8Br2FN3O2/c16-8-5-10-12(11(17)6-8)19-15(23)13(10)20-21-14(22)7-1-3-9(18)4-2-7/h1-6,19,23H. The molecule has 3 rings (SSSR count). The summed E-state index contributed by atoms with van der Waals surface area (Å²) >= 11 is 6.72. The van der Waals surface area contributed by atoms with E-state index in [9.17, 15) is 14.3 Å². The average molecular weight is 441 g/mol. The van der Waals surface area contributed by atoms with Crippen LogP contribution in [0.25, 0.3) is 10.9 Å². The lowest BCUT2D eigenvalue weighted by Crippen LogP contribution is -1.93. The van der Waals surface area contributed by atoms with Gasteiger partial charge >= 0.3 is 0 Å². The van der Waals surface area contributed by atoms with Crippen LogP contribution >= 0.6 is 31.9 Å². The Labute approximate surface area is 146 Å². The summed E-state index contributed by atoms with van der Waals surface area (Å²) in [7, 11) is 0. The fraction of sp³-hybridized carbons (Fsp3) is 0. The lowest BCUT2D eigenvalue weighted by Gasteiger charge is -1.97. The van der Waals surface area contributed by atoms with Crippen molar-refractivity contribution in [2.75, 3.05) is 0 Å². The lowest BCUT2D eigenvalue weighted by atomic mass is 10.2. The van der Waals surface area contributed by atoms with E-state index in [-0.39, 0.29) is 17.1 Å². The second-order valence-corrected chi connectivity index (χ2v) is 6.41. The van der Waals surface area contributed by atoms with Crippen molar-refractivity contribution in [1.29, 1.82) is 0 Å². The first-order valence-electron chi connectivity index (χ1n) is 6.37. The summed E-state index contributed by atoms with van der Waals surface area (Å²) in [5.41, 5.74) is 0.989. The molecule has 0 spiro atoms. The second-order valence-electron chi connectivity index (χ2n) is 4.64. The summed E-state index contributed by atoms with van der Waals surface area (Å²) in [6.07, 6.45) is 0. The minimum atomic E-state index is -0.632. The number of hydrogen-bond acceptors (Lipinski definition) is 3. The molecule has 0 aliphatic heterocycles. The number of hydrogen-bond donors (Lipinski definition) is 2. The van der Waals surface area contributed by atoms with Crippen molar-refractivity contribution in [3.8, 4) is 5.88 Å². The van der Waals surface area contributed by atoms with Gasteiger partial charge in [-0.25, -0.2) is 4.39 Å². The second kappa shape index (κ2) is 6.21. The van der Waals surface area contributed by atoms with Crippen LogP contribution in [-0.4, -0.2) is 16.0 Å². The predicted octanol–water partition coefficient (Wildman–Crippen LogP) is 5.46. The Morgan fingerprint density at radius 2 is 1.87 bits per heavy atom. The monoisotopic (exact) mass is 439 g/mol. The van der Waals surface area contributed by atoms with Crippen molar-refractivity contribution in [3.05, 3.63) is 56.7 Å². The van der Waals surface area contributed by atoms with E-state index >= 15 is 0 Å². The molecule has 0 bridgehead atoms. The van der Waals surface area contributed by atoms with Crippen molar-refractivity contribution >= 4 is 54.4 Å². The number of rotatable bonds is 2. The highest BCUT2D eigenvalue weighted by atomic mass is 79.9. The maximum absolute atomic E-state index is 12.9. The van der Waals surface area contributed by atoms with Gasteiger partial charge in [-0.05, 0) is 52.3 Å². The quantitative estimate of drug-likeness (QED) is 0.519. The number of aromatic amines is 1. The SMILES string of the molecule is O=C(N=Nc1c(O)[nH]c2c(Br)cc(Br)cc12)c1ccc(F)cc1. The number of azo groups is 1. The third-order valence-corrected chi connectivity index (χ3v) is 4.19. The van der Waals surface area contributed by atoms with E-state index in [1.54, 1.807) is 6.07 Å². The van der Waals surface area contributed by atoms with E-state index < -0.39 is 11.7 Å². The van der Waals surface area contributed by atoms with E-state index in [0.29, 0.717) is 10.9 Å². The van der Waals surface area contributed by atoms with Gasteiger partial charge in [0.2, 0.25) is 5.88 Å². The van der Waals surface area contributed by atoms with Crippen molar-refractivity contribution < 1.29 is 14.3 Å². The van der Waals surface area contributed by atoms with Crippen LogP contribution in [0.4, 0.5) is 10.1 Å². The number of amides is 1. The van der Waals surface area contributed by atoms with Gasteiger partial charge in [-0.3, -0.25) is 4.79 Å². The van der Waals surface area contributed by atoms with Crippen LogP contribution in [-0.2, 0) is 0 Å². The highest BCUT2D eigenvalue weighted by Crippen LogP contribution is 2.40. The van der Waals surface area contributed by atoms with Gasteiger partial charge < -0.3 is 10.1 Å². The zero-order chi connectivity index (χ0) is 16.6. The Morgan fingerprint density at radius 1 is 1.17 bits per heavy atom. The number of carbonyl (C=O) groups excluding carboxylic acids is 1. The average Bonchev–Trinajstić information content (AvgIpc) is 2.82. The fourth-order valence-electron chi connectivity index (χ4n) is 2.04. The van der Waals surface area contributed by atoms with E-state index in [4.69, 9.17) is 0 Å². The van der Waals surface area contributed by atoms with Crippen LogP contribution in [0.3, 0.4) is 0 Å². The molecule has 0 unspecified atom stereocenters. The zero-order valence-corrected chi connectivity index (χ0v) is 14.5. The van der Waals surface area contributed by atoms with Gasteiger partial charge in [0.05, 0.1) is 5.52 Å². The minimum absolute atomic E-state index is 0.150. The van der Waals surface area contributed by atoms with Crippen LogP contribution in [0, 0.1) is 5.82 Å². The Hall–Kier alpha value is -2.06. The van der Waals surface area contributed by atoms with Crippen molar-refractivity contribution in [2.45, 2.75) is 0 Å². The Balaban J connectivity index is 1.99. The van der Waals surface area contributed by atoms with Crippen molar-refractivity contribution in [2.24, 2.45) is 10.2 Å². The zero-order valence-electron chi connectivity index (χ0n) is 11.3. The lowest BCUT2D eigenvalue weighted by molar-refractivity contribution is 0.0995. The molecule has 5 nitrogen and oxygen atoms in total. The molecule has 2 aromatic carbocycles. The number of aromatic hydroxyl groups is 1. The summed E-state index contributed by atoms with van der Waals surface area (Å²) < 4.78 is 14.4. The van der Waals surface area contributed by atoms with Gasteiger partial charge in [0.1, 0.15) is 5.82 Å². The number of aromatic nitrogens is 1. The molecule has 1 heterocycles.